The van der Waals surface area contributed by atoms with Crippen molar-refractivity contribution < 1.29 is 19.1 Å². The van der Waals surface area contributed by atoms with E-state index in [1.807, 2.05) is 12.1 Å². The predicted octanol–water partition coefficient (Wildman–Crippen LogP) is 4.34. The van der Waals surface area contributed by atoms with Crippen molar-refractivity contribution in [1.29, 1.82) is 0 Å². The highest BCUT2D eigenvalue weighted by Gasteiger charge is 2.18. The Labute approximate surface area is 155 Å². The molecule has 1 atom stereocenters. The van der Waals surface area contributed by atoms with E-state index in [1.54, 1.807) is 51.1 Å². The first kappa shape index (κ1) is 19.0. The molecule has 0 aliphatic carbocycles. The van der Waals surface area contributed by atoms with E-state index in [1.165, 1.54) is 0 Å². The van der Waals surface area contributed by atoms with Crippen LogP contribution in [0.4, 0.5) is 5.69 Å². The van der Waals surface area contributed by atoms with Crippen LogP contribution in [0.3, 0.4) is 0 Å². The van der Waals surface area contributed by atoms with Crippen molar-refractivity contribution >= 4 is 33.5 Å². The normalized spacial score (nSPS) is 11.5. The van der Waals surface area contributed by atoms with Gasteiger partial charge in [0, 0.05) is 10.2 Å². The molecule has 0 aromatic heterocycles. The molecule has 0 saturated heterocycles. The summed E-state index contributed by atoms with van der Waals surface area (Å²) in [5, 5.41) is 2.80. The summed E-state index contributed by atoms with van der Waals surface area (Å²) in [4.78, 5) is 24.3. The van der Waals surface area contributed by atoms with Gasteiger partial charge in [-0.3, -0.25) is 4.79 Å². The number of halogens is 1. The molecule has 0 radical (unpaired) electrons. The van der Waals surface area contributed by atoms with E-state index in [0.29, 0.717) is 29.2 Å². The van der Waals surface area contributed by atoms with Crippen LogP contribution < -0.4 is 10.1 Å². The Kier molecular flexibility index (Phi) is 6.58. The number of rotatable bonds is 6. The molecule has 1 amide bonds. The predicted molar refractivity (Wildman–Crippen MR) is 100.0 cm³/mol. The van der Waals surface area contributed by atoms with Crippen molar-refractivity contribution in [2.24, 2.45) is 0 Å². The largest absolute Gasteiger partial charge is 0.481 e. The molecule has 2 rings (SSSR count). The lowest BCUT2D eigenvalue weighted by molar-refractivity contribution is -0.122. The minimum atomic E-state index is -0.688. The van der Waals surface area contributed by atoms with Gasteiger partial charge in [0.2, 0.25) is 0 Å². The molecular formula is C19H20BrNO4. The Morgan fingerprint density at radius 3 is 2.48 bits per heavy atom. The zero-order chi connectivity index (χ0) is 18.4. The first-order valence-electron chi connectivity index (χ1n) is 7.92. The third kappa shape index (κ3) is 5.06. The van der Waals surface area contributed by atoms with Crippen LogP contribution in [0.1, 0.15) is 29.8 Å². The lowest BCUT2D eigenvalue weighted by atomic mass is 10.1. The molecule has 0 bridgehead atoms. The highest BCUT2D eigenvalue weighted by Crippen LogP contribution is 2.21. The number of carbonyl (C=O) groups excluding carboxylic acids is 2. The van der Waals surface area contributed by atoms with Gasteiger partial charge in [-0.25, -0.2) is 4.79 Å². The number of anilines is 1. The number of hydrogen-bond acceptors (Lipinski definition) is 4. The molecule has 2 aromatic rings. The molecule has 0 saturated carbocycles. The van der Waals surface area contributed by atoms with E-state index in [-0.39, 0.29) is 5.91 Å². The molecular weight excluding hydrogens is 386 g/mol. The van der Waals surface area contributed by atoms with Gasteiger partial charge in [-0.15, -0.1) is 0 Å². The van der Waals surface area contributed by atoms with Crippen LogP contribution in [0.2, 0.25) is 0 Å². The van der Waals surface area contributed by atoms with Crippen molar-refractivity contribution in [3.8, 4) is 5.75 Å². The Balaban J connectivity index is 2.08. The molecule has 132 valence electrons. The molecule has 0 unspecified atom stereocenters. The van der Waals surface area contributed by atoms with Gasteiger partial charge in [-0.2, -0.15) is 0 Å². The van der Waals surface area contributed by atoms with Crippen molar-refractivity contribution in [3.63, 3.8) is 0 Å². The Hall–Kier alpha value is -2.34. The maximum Gasteiger partial charge on any atom is 0.338 e. The fourth-order valence-corrected chi connectivity index (χ4v) is 2.47. The number of esters is 1. The average Bonchev–Trinajstić information content (AvgIpc) is 2.58. The molecule has 1 N–H and O–H groups in total. The third-order valence-corrected chi connectivity index (χ3v) is 4.11. The van der Waals surface area contributed by atoms with Crippen LogP contribution >= 0.6 is 15.9 Å². The molecule has 25 heavy (non-hydrogen) atoms. The lowest BCUT2D eigenvalue weighted by Gasteiger charge is -2.16. The highest BCUT2D eigenvalue weighted by molar-refractivity contribution is 9.10. The minimum absolute atomic E-state index is 0.299. The summed E-state index contributed by atoms with van der Waals surface area (Å²) in [6.07, 6.45) is -0.688. The van der Waals surface area contributed by atoms with Gasteiger partial charge >= 0.3 is 5.97 Å². The van der Waals surface area contributed by atoms with Crippen LogP contribution in [0.25, 0.3) is 0 Å². The van der Waals surface area contributed by atoms with Crippen LogP contribution in [0.5, 0.6) is 5.75 Å². The number of nitrogens with one attached hydrogen (secondary N) is 1. The summed E-state index contributed by atoms with van der Waals surface area (Å²) in [5.74, 6) is -0.106. The Bertz CT molecular complexity index is 759. The number of benzene rings is 2. The molecule has 6 heteroatoms. The molecule has 0 spiro atoms. The zero-order valence-electron chi connectivity index (χ0n) is 14.3. The summed E-state index contributed by atoms with van der Waals surface area (Å²) in [7, 11) is 0. The van der Waals surface area contributed by atoms with Gasteiger partial charge in [-0.1, -0.05) is 22.0 Å². The molecule has 0 aliphatic heterocycles. The molecule has 2 aromatic carbocycles. The summed E-state index contributed by atoms with van der Waals surface area (Å²) < 4.78 is 11.6. The summed E-state index contributed by atoms with van der Waals surface area (Å²) in [6.45, 7) is 5.48. The van der Waals surface area contributed by atoms with Crippen molar-refractivity contribution in [2.75, 3.05) is 11.9 Å². The van der Waals surface area contributed by atoms with E-state index < -0.39 is 12.1 Å². The van der Waals surface area contributed by atoms with Crippen LogP contribution in [0, 0.1) is 6.92 Å². The second-order valence-electron chi connectivity index (χ2n) is 5.40. The van der Waals surface area contributed by atoms with Gasteiger partial charge in [0.1, 0.15) is 5.75 Å². The zero-order valence-corrected chi connectivity index (χ0v) is 15.9. The number of hydrogen-bond donors (Lipinski definition) is 1. The van der Waals surface area contributed by atoms with E-state index >= 15 is 0 Å². The molecule has 0 fully saturated rings. The monoisotopic (exact) mass is 405 g/mol. The van der Waals surface area contributed by atoms with Crippen molar-refractivity contribution in [3.05, 3.63) is 58.1 Å². The number of amides is 1. The highest BCUT2D eigenvalue weighted by atomic mass is 79.9. The average molecular weight is 406 g/mol. The van der Waals surface area contributed by atoms with Gasteiger partial charge < -0.3 is 14.8 Å². The second kappa shape index (κ2) is 8.67. The van der Waals surface area contributed by atoms with Crippen molar-refractivity contribution in [1.82, 2.24) is 0 Å². The number of carbonyl (C=O) groups is 2. The van der Waals surface area contributed by atoms with Crippen LogP contribution in [0.15, 0.2) is 46.9 Å². The lowest BCUT2D eigenvalue weighted by Crippen LogP contribution is -2.30. The van der Waals surface area contributed by atoms with E-state index in [0.717, 1.165) is 4.47 Å². The minimum Gasteiger partial charge on any atom is -0.481 e. The summed E-state index contributed by atoms with van der Waals surface area (Å²) in [6, 6.07) is 12.4. The van der Waals surface area contributed by atoms with Gasteiger partial charge in [0.15, 0.2) is 6.10 Å². The number of ether oxygens (including phenoxy) is 2. The van der Waals surface area contributed by atoms with E-state index in [9.17, 15) is 9.59 Å². The maximum absolute atomic E-state index is 12.4. The molecule has 0 heterocycles. The SMILES string of the molecule is CCOC(=O)c1cccc(NC(=O)[C@H](C)Oc2ccc(Br)cc2)c1C. The fourth-order valence-electron chi connectivity index (χ4n) is 2.21. The van der Waals surface area contributed by atoms with Gasteiger partial charge in [-0.05, 0) is 62.7 Å². The maximum atomic E-state index is 12.4. The van der Waals surface area contributed by atoms with Crippen LogP contribution in [-0.2, 0) is 9.53 Å². The van der Waals surface area contributed by atoms with Crippen LogP contribution in [-0.4, -0.2) is 24.6 Å². The summed E-state index contributed by atoms with van der Waals surface area (Å²) in [5.41, 5.74) is 1.65. The summed E-state index contributed by atoms with van der Waals surface area (Å²) >= 11 is 3.35. The second-order valence-corrected chi connectivity index (χ2v) is 6.32. The molecule has 5 nitrogen and oxygen atoms in total. The van der Waals surface area contributed by atoms with Crippen molar-refractivity contribution in [2.45, 2.75) is 26.9 Å². The van der Waals surface area contributed by atoms with E-state index in [4.69, 9.17) is 9.47 Å². The Morgan fingerprint density at radius 2 is 1.84 bits per heavy atom. The van der Waals surface area contributed by atoms with Gasteiger partial charge in [0.05, 0.1) is 12.2 Å². The fraction of sp³-hybridized carbons (Fsp3) is 0.263. The first-order chi connectivity index (χ1) is 11.9. The topological polar surface area (TPSA) is 64.6 Å². The quantitative estimate of drug-likeness (QED) is 0.725. The molecule has 0 aliphatic rings. The first-order valence-corrected chi connectivity index (χ1v) is 8.71. The third-order valence-electron chi connectivity index (χ3n) is 3.58. The Morgan fingerprint density at radius 1 is 1.16 bits per heavy atom. The van der Waals surface area contributed by atoms with Gasteiger partial charge in [0.25, 0.3) is 5.91 Å². The van der Waals surface area contributed by atoms with E-state index in [2.05, 4.69) is 21.2 Å². The smallest absolute Gasteiger partial charge is 0.338 e. The standard InChI is InChI=1S/C19H20BrNO4/c1-4-24-19(23)16-6-5-7-17(12(16)2)21-18(22)13(3)25-15-10-8-14(20)9-11-15/h5-11,13H,4H2,1-3H3,(H,21,22)/t13-/m0/s1.